The summed E-state index contributed by atoms with van der Waals surface area (Å²) in [5.74, 6) is -0.321. The molecular weight excluding hydrogens is 234 g/mol. The fourth-order valence-corrected chi connectivity index (χ4v) is 2.23. The number of carbonyl (C=O) groups is 1. The molecule has 0 saturated carbocycles. The number of carbonyl (C=O) groups excluding carboxylic acids is 1. The minimum absolute atomic E-state index is 0.288. The van der Waals surface area contributed by atoms with Crippen molar-refractivity contribution >= 4 is 23.0 Å². The molecule has 1 aromatic heterocycles. The van der Waals surface area contributed by atoms with Crippen molar-refractivity contribution in [3.63, 3.8) is 0 Å². The minimum Gasteiger partial charge on any atom is -0.457 e. The van der Waals surface area contributed by atoms with E-state index in [1.807, 2.05) is 37.3 Å². The first-order valence-corrected chi connectivity index (χ1v) is 6.05. The van der Waals surface area contributed by atoms with E-state index in [0.717, 1.165) is 10.4 Å². The molecule has 2 aromatic rings. The van der Waals surface area contributed by atoms with Crippen molar-refractivity contribution in [1.29, 1.82) is 0 Å². The van der Waals surface area contributed by atoms with Gasteiger partial charge in [-0.2, -0.15) is 0 Å². The molecule has 0 unspecified atom stereocenters. The average molecular weight is 247 g/mol. The predicted octanol–water partition coefficient (Wildman–Crippen LogP) is 3.00. The van der Waals surface area contributed by atoms with Crippen LogP contribution in [0.2, 0.25) is 0 Å². The van der Waals surface area contributed by atoms with Crippen LogP contribution in [-0.2, 0) is 11.3 Å². The predicted molar refractivity (Wildman–Crippen MR) is 69.0 cm³/mol. The number of hydrogen-bond donors (Lipinski definition) is 1. The van der Waals surface area contributed by atoms with E-state index < -0.39 is 0 Å². The molecule has 0 aliphatic rings. The Hall–Kier alpha value is -1.81. The number of rotatable bonds is 3. The number of hydrogen-bond acceptors (Lipinski definition) is 4. The van der Waals surface area contributed by atoms with Gasteiger partial charge in [0.15, 0.2) is 0 Å². The van der Waals surface area contributed by atoms with Crippen molar-refractivity contribution in [2.24, 2.45) is 0 Å². The summed E-state index contributed by atoms with van der Waals surface area (Å²) in [6, 6.07) is 11.2. The highest BCUT2D eigenvalue weighted by molar-refractivity contribution is 7.14. The Labute approximate surface area is 104 Å². The van der Waals surface area contributed by atoms with Crippen LogP contribution in [-0.4, -0.2) is 5.97 Å². The van der Waals surface area contributed by atoms with Gasteiger partial charge in [-0.3, -0.25) is 0 Å². The molecule has 0 saturated heterocycles. The first-order chi connectivity index (χ1) is 8.16. The molecule has 0 atom stereocenters. The SMILES string of the molecule is Cc1sc(C(=O)OCc2ccccc2)cc1N. The van der Waals surface area contributed by atoms with E-state index >= 15 is 0 Å². The van der Waals surface area contributed by atoms with Gasteiger partial charge < -0.3 is 10.5 Å². The molecule has 1 heterocycles. The lowest BCUT2D eigenvalue weighted by atomic mass is 10.2. The van der Waals surface area contributed by atoms with Gasteiger partial charge >= 0.3 is 5.97 Å². The molecule has 0 fully saturated rings. The van der Waals surface area contributed by atoms with Gasteiger partial charge in [-0.05, 0) is 18.6 Å². The first-order valence-electron chi connectivity index (χ1n) is 5.24. The number of nitrogens with two attached hydrogens (primary N) is 1. The van der Waals surface area contributed by atoms with E-state index in [1.165, 1.54) is 11.3 Å². The maximum Gasteiger partial charge on any atom is 0.348 e. The Balaban J connectivity index is 1.98. The average Bonchev–Trinajstić information content (AvgIpc) is 2.68. The zero-order valence-corrected chi connectivity index (χ0v) is 10.3. The second-order valence-electron chi connectivity index (χ2n) is 3.68. The van der Waals surface area contributed by atoms with Crippen molar-refractivity contribution in [2.45, 2.75) is 13.5 Å². The quantitative estimate of drug-likeness (QED) is 0.848. The van der Waals surface area contributed by atoms with Crippen molar-refractivity contribution in [3.8, 4) is 0 Å². The van der Waals surface area contributed by atoms with Crippen LogP contribution in [0.25, 0.3) is 0 Å². The number of benzene rings is 1. The maximum atomic E-state index is 11.7. The second-order valence-corrected chi connectivity index (χ2v) is 4.94. The topological polar surface area (TPSA) is 52.3 Å². The summed E-state index contributed by atoms with van der Waals surface area (Å²) in [5, 5.41) is 0. The van der Waals surface area contributed by atoms with Crippen LogP contribution in [0.4, 0.5) is 5.69 Å². The zero-order chi connectivity index (χ0) is 12.3. The summed E-state index contributed by atoms with van der Waals surface area (Å²) in [6.45, 7) is 2.17. The third-order valence-corrected chi connectivity index (χ3v) is 3.42. The summed E-state index contributed by atoms with van der Waals surface area (Å²) >= 11 is 1.36. The van der Waals surface area contributed by atoms with Crippen LogP contribution in [0.15, 0.2) is 36.4 Å². The Morgan fingerprint density at radius 1 is 1.35 bits per heavy atom. The number of nitrogen functional groups attached to an aromatic ring is 1. The van der Waals surface area contributed by atoms with Crippen LogP contribution < -0.4 is 5.73 Å². The van der Waals surface area contributed by atoms with Crippen molar-refractivity contribution < 1.29 is 9.53 Å². The van der Waals surface area contributed by atoms with Gasteiger partial charge in [-0.25, -0.2) is 4.79 Å². The third-order valence-electron chi connectivity index (χ3n) is 2.37. The van der Waals surface area contributed by atoms with E-state index in [2.05, 4.69) is 0 Å². The molecule has 0 radical (unpaired) electrons. The molecule has 0 bridgehead atoms. The Morgan fingerprint density at radius 2 is 2.06 bits per heavy atom. The summed E-state index contributed by atoms with van der Waals surface area (Å²) in [7, 11) is 0. The molecular formula is C13H13NO2S. The van der Waals surface area contributed by atoms with Gasteiger partial charge in [0.1, 0.15) is 11.5 Å². The van der Waals surface area contributed by atoms with Gasteiger partial charge in [0.2, 0.25) is 0 Å². The van der Waals surface area contributed by atoms with Gasteiger partial charge in [0, 0.05) is 10.6 Å². The van der Waals surface area contributed by atoms with Crippen molar-refractivity contribution in [1.82, 2.24) is 0 Å². The standard InChI is InChI=1S/C13H13NO2S/c1-9-11(14)7-12(17-9)13(15)16-8-10-5-3-2-4-6-10/h2-7H,8,14H2,1H3. The van der Waals surface area contributed by atoms with E-state index in [1.54, 1.807) is 6.07 Å². The molecule has 0 amide bonds. The highest BCUT2D eigenvalue weighted by Crippen LogP contribution is 2.24. The second kappa shape index (κ2) is 5.01. The molecule has 0 aliphatic heterocycles. The summed E-state index contributed by atoms with van der Waals surface area (Å²) in [5.41, 5.74) is 7.30. The van der Waals surface area contributed by atoms with Crippen molar-refractivity contribution in [2.75, 3.05) is 5.73 Å². The van der Waals surface area contributed by atoms with Gasteiger partial charge in [-0.15, -0.1) is 11.3 Å². The molecule has 0 spiro atoms. The van der Waals surface area contributed by atoms with Crippen LogP contribution in [0.1, 0.15) is 20.1 Å². The molecule has 2 N–H and O–H groups in total. The number of thiophene rings is 1. The highest BCUT2D eigenvalue weighted by atomic mass is 32.1. The largest absolute Gasteiger partial charge is 0.457 e. The number of esters is 1. The fourth-order valence-electron chi connectivity index (χ4n) is 1.39. The lowest BCUT2D eigenvalue weighted by Crippen LogP contribution is -2.02. The van der Waals surface area contributed by atoms with Crippen LogP contribution >= 0.6 is 11.3 Å². The first kappa shape index (κ1) is 11.7. The fraction of sp³-hybridized carbons (Fsp3) is 0.154. The molecule has 88 valence electrons. The Bertz CT molecular complexity index is 500. The van der Waals surface area contributed by atoms with Gasteiger partial charge in [0.05, 0.1) is 0 Å². The summed E-state index contributed by atoms with van der Waals surface area (Å²) in [6.07, 6.45) is 0. The van der Waals surface area contributed by atoms with Gasteiger partial charge in [0.25, 0.3) is 0 Å². The third kappa shape index (κ3) is 2.85. The highest BCUT2D eigenvalue weighted by Gasteiger charge is 2.12. The maximum absolute atomic E-state index is 11.7. The lowest BCUT2D eigenvalue weighted by Gasteiger charge is -2.02. The molecule has 1 aromatic carbocycles. The van der Waals surface area contributed by atoms with E-state index in [0.29, 0.717) is 10.6 Å². The van der Waals surface area contributed by atoms with Gasteiger partial charge in [-0.1, -0.05) is 30.3 Å². The smallest absolute Gasteiger partial charge is 0.348 e. The van der Waals surface area contributed by atoms with Crippen LogP contribution in [0, 0.1) is 6.92 Å². The number of anilines is 1. The molecule has 17 heavy (non-hydrogen) atoms. The van der Waals surface area contributed by atoms with E-state index in [9.17, 15) is 4.79 Å². The number of aryl methyl sites for hydroxylation is 1. The summed E-state index contributed by atoms with van der Waals surface area (Å²) < 4.78 is 5.20. The zero-order valence-electron chi connectivity index (χ0n) is 9.47. The Kier molecular flexibility index (Phi) is 3.44. The lowest BCUT2D eigenvalue weighted by molar-refractivity contribution is 0.0478. The molecule has 0 aliphatic carbocycles. The number of ether oxygens (including phenoxy) is 1. The van der Waals surface area contributed by atoms with Crippen LogP contribution in [0.5, 0.6) is 0 Å². The Morgan fingerprint density at radius 3 is 2.65 bits per heavy atom. The monoisotopic (exact) mass is 247 g/mol. The molecule has 3 nitrogen and oxygen atoms in total. The van der Waals surface area contributed by atoms with E-state index in [4.69, 9.17) is 10.5 Å². The molecule has 2 rings (SSSR count). The normalized spacial score (nSPS) is 10.2. The van der Waals surface area contributed by atoms with E-state index in [-0.39, 0.29) is 12.6 Å². The van der Waals surface area contributed by atoms with Crippen molar-refractivity contribution in [3.05, 3.63) is 51.7 Å². The molecule has 4 heteroatoms. The van der Waals surface area contributed by atoms with Crippen LogP contribution in [0.3, 0.4) is 0 Å². The minimum atomic E-state index is -0.321. The summed E-state index contributed by atoms with van der Waals surface area (Å²) in [4.78, 5) is 13.2.